The first kappa shape index (κ1) is 13.8. The molecule has 0 aliphatic carbocycles. The Morgan fingerprint density at radius 3 is 2.59 bits per heavy atom. The number of nitrogens with zero attached hydrogens (tertiary/aromatic N) is 2. The Kier molecular flexibility index (Phi) is 3.98. The Balaban J connectivity index is 3.07. The number of pyridine rings is 1. The van der Waals surface area contributed by atoms with Gasteiger partial charge in [0.05, 0.1) is 11.3 Å². The molecule has 0 bridgehead atoms. The lowest BCUT2D eigenvalue weighted by atomic mass is 9.88. The monoisotopic (exact) mass is 300 g/mol. The SMILES string of the molecule is CC(C)(C)C(=O)Cc1ncc(Br)cc1[N+](=O)[O-]. The number of ketones is 1. The van der Waals surface area contributed by atoms with E-state index < -0.39 is 10.3 Å². The van der Waals surface area contributed by atoms with Crippen LogP contribution in [0.15, 0.2) is 16.7 Å². The van der Waals surface area contributed by atoms with E-state index >= 15 is 0 Å². The van der Waals surface area contributed by atoms with Crippen LogP contribution in [0.2, 0.25) is 0 Å². The van der Waals surface area contributed by atoms with Crippen LogP contribution < -0.4 is 0 Å². The Morgan fingerprint density at radius 2 is 2.12 bits per heavy atom. The molecule has 0 aliphatic rings. The van der Waals surface area contributed by atoms with Crippen molar-refractivity contribution in [3.05, 3.63) is 32.5 Å². The molecule has 0 unspecified atom stereocenters. The van der Waals surface area contributed by atoms with Crippen LogP contribution in [-0.2, 0) is 11.2 Å². The molecule has 0 N–H and O–H groups in total. The normalized spacial score (nSPS) is 11.3. The van der Waals surface area contributed by atoms with E-state index in [2.05, 4.69) is 20.9 Å². The van der Waals surface area contributed by atoms with Crippen molar-refractivity contribution >= 4 is 27.4 Å². The summed E-state index contributed by atoms with van der Waals surface area (Å²) in [5.74, 6) is -0.0737. The summed E-state index contributed by atoms with van der Waals surface area (Å²) in [6, 6.07) is 1.36. The molecule has 0 atom stereocenters. The smallest absolute Gasteiger partial charge is 0.292 e. The average Bonchev–Trinajstić information content (AvgIpc) is 2.18. The van der Waals surface area contributed by atoms with Gasteiger partial charge in [-0.3, -0.25) is 19.9 Å². The van der Waals surface area contributed by atoms with Gasteiger partial charge in [0.1, 0.15) is 11.5 Å². The first-order chi connectivity index (χ1) is 7.71. The van der Waals surface area contributed by atoms with Crippen molar-refractivity contribution in [2.75, 3.05) is 0 Å². The van der Waals surface area contributed by atoms with Crippen molar-refractivity contribution in [1.82, 2.24) is 4.98 Å². The lowest BCUT2D eigenvalue weighted by molar-refractivity contribution is -0.385. The summed E-state index contributed by atoms with van der Waals surface area (Å²) in [7, 11) is 0. The van der Waals surface area contributed by atoms with Crippen LogP contribution in [0.3, 0.4) is 0 Å². The fourth-order valence-electron chi connectivity index (χ4n) is 1.17. The van der Waals surface area contributed by atoms with Gasteiger partial charge in [-0.25, -0.2) is 0 Å². The van der Waals surface area contributed by atoms with Crippen molar-refractivity contribution in [3.63, 3.8) is 0 Å². The molecule has 0 saturated carbocycles. The highest BCUT2D eigenvalue weighted by Gasteiger charge is 2.25. The van der Waals surface area contributed by atoms with E-state index in [1.165, 1.54) is 12.3 Å². The first-order valence-electron chi connectivity index (χ1n) is 5.04. The van der Waals surface area contributed by atoms with Crippen LogP contribution >= 0.6 is 15.9 Å². The van der Waals surface area contributed by atoms with Crippen LogP contribution in [0, 0.1) is 15.5 Å². The van der Waals surface area contributed by atoms with Gasteiger partial charge in [0.2, 0.25) is 0 Å². The fourth-order valence-corrected chi connectivity index (χ4v) is 1.49. The van der Waals surface area contributed by atoms with Gasteiger partial charge in [-0.15, -0.1) is 0 Å². The molecule has 17 heavy (non-hydrogen) atoms. The van der Waals surface area contributed by atoms with Gasteiger partial charge in [-0.2, -0.15) is 0 Å². The van der Waals surface area contributed by atoms with Crippen LogP contribution in [-0.4, -0.2) is 15.7 Å². The molecule has 1 rings (SSSR count). The highest BCUT2D eigenvalue weighted by molar-refractivity contribution is 9.10. The van der Waals surface area contributed by atoms with Gasteiger partial charge in [0.25, 0.3) is 5.69 Å². The third kappa shape index (κ3) is 3.59. The maximum atomic E-state index is 11.8. The summed E-state index contributed by atoms with van der Waals surface area (Å²) in [5, 5.41) is 10.8. The zero-order valence-electron chi connectivity index (χ0n) is 9.86. The second-order valence-corrected chi connectivity index (χ2v) is 5.64. The number of carbonyl (C=O) groups is 1. The van der Waals surface area contributed by atoms with Gasteiger partial charge in [-0.05, 0) is 15.9 Å². The number of nitro groups is 1. The second-order valence-electron chi connectivity index (χ2n) is 4.73. The minimum absolute atomic E-state index is 0.0207. The predicted molar refractivity (Wildman–Crippen MR) is 66.8 cm³/mol. The molecule has 0 fully saturated rings. The Morgan fingerprint density at radius 1 is 1.53 bits per heavy atom. The minimum Gasteiger partial charge on any atom is -0.299 e. The van der Waals surface area contributed by atoms with E-state index in [1.54, 1.807) is 20.8 Å². The van der Waals surface area contributed by atoms with E-state index in [0.717, 1.165) is 0 Å². The zero-order valence-corrected chi connectivity index (χ0v) is 11.4. The molecular weight excluding hydrogens is 288 g/mol. The van der Waals surface area contributed by atoms with Crippen molar-refractivity contribution in [1.29, 1.82) is 0 Å². The quantitative estimate of drug-likeness (QED) is 0.635. The Hall–Kier alpha value is -1.30. The summed E-state index contributed by atoms with van der Waals surface area (Å²) in [6.45, 7) is 5.33. The molecule has 0 aromatic carbocycles. The molecule has 0 aliphatic heterocycles. The number of rotatable bonds is 3. The van der Waals surface area contributed by atoms with E-state index in [1.807, 2.05) is 0 Å². The summed E-state index contributed by atoms with van der Waals surface area (Å²) in [4.78, 5) is 26.1. The summed E-state index contributed by atoms with van der Waals surface area (Å²) < 4.78 is 0.524. The maximum Gasteiger partial charge on any atom is 0.292 e. The van der Waals surface area contributed by atoms with Gasteiger partial charge >= 0.3 is 0 Å². The molecule has 5 nitrogen and oxygen atoms in total. The number of hydrogen-bond acceptors (Lipinski definition) is 4. The second kappa shape index (κ2) is 4.91. The molecule has 0 saturated heterocycles. The predicted octanol–water partition coefficient (Wildman–Crippen LogP) is 2.91. The largest absolute Gasteiger partial charge is 0.299 e. The van der Waals surface area contributed by atoms with Crippen LogP contribution in [0.25, 0.3) is 0 Å². The molecule has 0 amide bonds. The van der Waals surface area contributed by atoms with Gasteiger partial charge in [0, 0.05) is 22.2 Å². The van der Waals surface area contributed by atoms with Crippen molar-refractivity contribution in [2.24, 2.45) is 5.41 Å². The first-order valence-corrected chi connectivity index (χ1v) is 5.83. The molecule has 6 heteroatoms. The number of carbonyl (C=O) groups excluding carboxylic acids is 1. The lowest BCUT2D eigenvalue weighted by Crippen LogP contribution is -2.23. The third-order valence-electron chi connectivity index (χ3n) is 2.28. The molecule has 0 radical (unpaired) electrons. The molecule has 1 heterocycles. The third-order valence-corrected chi connectivity index (χ3v) is 2.71. The van der Waals surface area contributed by atoms with Gasteiger partial charge in [0.15, 0.2) is 0 Å². The van der Waals surface area contributed by atoms with Crippen LogP contribution in [0.5, 0.6) is 0 Å². The van der Waals surface area contributed by atoms with E-state index in [9.17, 15) is 14.9 Å². The maximum absolute atomic E-state index is 11.8. The van der Waals surface area contributed by atoms with E-state index in [4.69, 9.17) is 0 Å². The molecule has 92 valence electrons. The van der Waals surface area contributed by atoms with Gasteiger partial charge in [-0.1, -0.05) is 20.8 Å². The standard InChI is InChI=1S/C11H13BrN2O3/c1-11(2,3)10(15)5-8-9(14(16)17)4-7(12)6-13-8/h4,6H,5H2,1-3H3. The van der Waals surface area contributed by atoms with Crippen LogP contribution in [0.4, 0.5) is 5.69 Å². The number of aromatic nitrogens is 1. The van der Waals surface area contributed by atoms with E-state index in [-0.39, 0.29) is 23.6 Å². The topological polar surface area (TPSA) is 73.1 Å². The summed E-state index contributed by atoms with van der Waals surface area (Å²) in [6.07, 6.45) is 1.44. The molecule has 1 aromatic heterocycles. The fraction of sp³-hybridized carbons (Fsp3) is 0.455. The molecule has 1 aromatic rings. The summed E-state index contributed by atoms with van der Waals surface area (Å²) >= 11 is 3.12. The zero-order chi connectivity index (χ0) is 13.2. The Labute approximate surface area is 108 Å². The molecular formula is C11H13BrN2O3. The van der Waals surface area contributed by atoms with Crippen molar-refractivity contribution < 1.29 is 9.72 Å². The number of halogens is 1. The van der Waals surface area contributed by atoms with Gasteiger partial charge < -0.3 is 0 Å². The van der Waals surface area contributed by atoms with E-state index in [0.29, 0.717) is 4.47 Å². The lowest BCUT2D eigenvalue weighted by Gasteiger charge is -2.15. The Bertz CT molecular complexity index is 466. The summed E-state index contributed by atoms with van der Waals surface area (Å²) in [5.41, 5.74) is -0.446. The highest BCUT2D eigenvalue weighted by atomic mass is 79.9. The van der Waals surface area contributed by atoms with Crippen LogP contribution in [0.1, 0.15) is 26.5 Å². The highest BCUT2D eigenvalue weighted by Crippen LogP contribution is 2.24. The average molecular weight is 301 g/mol. The molecule has 0 spiro atoms. The minimum atomic E-state index is -0.525. The van der Waals surface area contributed by atoms with Crippen molar-refractivity contribution in [3.8, 4) is 0 Å². The number of Topliss-reactive ketones (excluding diaryl/α,β-unsaturated/α-hetero) is 1. The number of hydrogen-bond donors (Lipinski definition) is 0. The van der Waals surface area contributed by atoms with Crippen molar-refractivity contribution in [2.45, 2.75) is 27.2 Å².